The van der Waals surface area contributed by atoms with Gasteiger partial charge < -0.3 is 15.2 Å². The molecule has 0 saturated carbocycles. The Hall–Kier alpha value is -2.00. The minimum Gasteiger partial charge on any atom is -0.497 e. The molecular weight excluding hydrogens is 250 g/mol. The van der Waals surface area contributed by atoms with Crippen LogP contribution in [0.4, 0.5) is 0 Å². The summed E-state index contributed by atoms with van der Waals surface area (Å²) in [6, 6.07) is 13.8. The van der Waals surface area contributed by atoms with E-state index in [1.54, 1.807) is 14.2 Å². The minimum atomic E-state index is -0.578. The fourth-order valence-corrected chi connectivity index (χ4v) is 2.45. The Balaban J connectivity index is 2.48. The lowest BCUT2D eigenvalue weighted by Gasteiger charge is -2.28. The highest BCUT2D eigenvalue weighted by Gasteiger charge is 2.26. The SMILES string of the molecule is COc1cccc(C(C)(N)c2ccc(OC)cc2C)c1. The summed E-state index contributed by atoms with van der Waals surface area (Å²) in [5.74, 6) is 1.65. The predicted molar refractivity (Wildman–Crippen MR) is 81.4 cm³/mol. The molecule has 0 amide bonds. The topological polar surface area (TPSA) is 44.5 Å². The van der Waals surface area contributed by atoms with E-state index in [-0.39, 0.29) is 0 Å². The van der Waals surface area contributed by atoms with Gasteiger partial charge in [-0.25, -0.2) is 0 Å². The second-order valence-corrected chi connectivity index (χ2v) is 5.12. The molecule has 0 aliphatic carbocycles. The average molecular weight is 271 g/mol. The third-order valence-corrected chi connectivity index (χ3v) is 3.66. The van der Waals surface area contributed by atoms with Gasteiger partial charge in [-0.15, -0.1) is 0 Å². The number of methoxy groups -OCH3 is 2. The van der Waals surface area contributed by atoms with Crippen molar-refractivity contribution in [2.75, 3.05) is 14.2 Å². The molecule has 2 rings (SSSR count). The fraction of sp³-hybridized carbons (Fsp3) is 0.294. The van der Waals surface area contributed by atoms with Crippen LogP contribution in [-0.2, 0) is 5.54 Å². The van der Waals surface area contributed by atoms with Crippen molar-refractivity contribution in [2.24, 2.45) is 5.73 Å². The van der Waals surface area contributed by atoms with Crippen molar-refractivity contribution in [3.05, 3.63) is 59.2 Å². The number of aryl methyl sites for hydroxylation is 1. The molecule has 2 aromatic rings. The molecule has 20 heavy (non-hydrogen) atoms. The molecule has 0 fully saturated rings. The van der Waals surface area contributed by atoms with Crippen molar-refractivity contribution in [3.63, 3.8) is 0 Å². The lowest BCUT2D eigenvalue weighted by atomic mass is 9.83. The Bertz CT molecular complexity index is 606. The molecular formula is C17H21NO2. The second-order valence-electron chi connectivity index (χ2n) is 5.12. The smallest absolute Gasteiger partial charge is 0.119 e. The maximum atomic E-state index is 6.58. The lowest BCUT2D eigenvalue weighted by Crippen LogP contribution is -2.35. The highest BCUT2D eigenvalue weighted by Crippen LogP contribution is 2.32. The molecule has 1 atom stereocenters. The Kier molecular flexibility index (Phi) is 4.00. The van der Waals surface area contributed by atoms with Crippen LogP contribution in [0.3, 0.4) is 0 Å². The molecule has 0 aliphatic rings. The van der Waals surface area contributed by atoms with Crippen molar-refractivity contribution in [1.29, 1.82) is 0 Å². The van der Waals surface area contributed by atoms with Gasteiger partial charge in [0.1, 0.15) is 11.5 Å². The number of rotatable bonds is 4. The third kappa shape index (κ3) is 2.63. The van der Waals surface area contributed by atoms with Crippen molar-refractivity contribution in [1.82, 2.24) is 0 Å². The largest absolute Gasteiger partial charge is 0.497 e. The van der Waals surface area contributed by atoms with Crippen LogP contribution in [0, 0.1) is 6.92 Å². The average Bonchev–Trinajstić information content (AvgIpc) is 2.46. The first-order valence-electron chi connectivity index (χ1n) is 6.57. The number of nitrogens with two attached hydrogens (primary N) is 1. The number of benzene rings is 2. The first-order chi connectivity index (χ1) is 9.48. The summed E-state index contributed by atoms with van der Waals surface area (Å²) in [5.41, 5.74) is 9.20. The zero-order valence-electron chi connectivity index (χ0n) is 12.4. The molecule has 0 radical (unpaired) electrons. The van der Waals surface area contributed by atoms with Crippen LogP contribution >= 0.6 is 0 Å². The maximum Gasteiger partial charge on any atom is 0.119 e. The molecule has 0 bridgehead atoms. The fourth-order valence-electron chi connectivity index (χ4n) is 2.45. The molecule has 0 heterocycles. The predicted octanol–water partition coefficient (Wildman–Crippen LogP) is 3.23. The van der Waals surface area contributed by atoms with E-state index in [0.717, 1.165) is 28.2 Å². The van der Waals surface area contributed by atoms with Gasteiger partial charge >= 0.3 is 0 Å². The number of hydrogen-bond acceptors (Lipinski definition) is 3. The molecule has 2 N–H and O–H groups in total. The van der Waals surface area contributed by atoms with Gasteiger partial charge in [-0.2, -0.15) is 0 Å². The van der Waals surface area contributed by atoms with Crippen molar-refractivity contribution in [3.8, 4) is 11.5 Å². The Morgan fingerprint density at radius 2 is 1.60 bits per heavy atom. The monoisotopic (exact) mass is 271 g/mol. The van der Waals surface area contributed by atoms with E-state index in [4.69, 9.17) is 15.2 Å². The van der Waals surface area contributed by atoms with Gasteiger partial charge in [0.15, 0.2) is 0 Å². The van der Waals surface area contributed by atoms with Crippen LogP contribution in [0.5, 0.6) is 11.5 Å². The molecule has 1 unspecified atom stereocenters. The van der Waals surface area contributed by atoms with Crippen LogP contribution in [0.1, 0.15) is 23.6 Å². The van der Waals surface area contributed by atoms with Crippen molar-refractivity contribution < 1.29 is 9.47 Å². The van der Waals surface area contributed by atoms with Crippen molar-refractivity contribution >= 4 is 0 Å². The first-order valence-corrected chi connectivity index (χ1v) is 6.57. The number of hydrogen-bond donors (Lipinski definition) is 1. The summed E-state index contributed by atoms with van der Waals surface area (Å²) in [7, 11) is 3.32. The van der Waals surface area contributed by atoms with Crippen LogP contribution in [0.25, 0.3) is 0 Å². The summed E-state index contributed by atoms with van der Waals surface area (Å²) in [4.78, 5) is 0. The van der Waals surface area contributed by atoms with Gasteiger partial charge in [0.25, 0.3) is 0 Å². The minimum absolute atomic E-state index is 0.578. The molecule has 0 aromatic heterocycles. The quantitative estimate of drug-likeness (QED) is 0.928. The lowest BCUT2D eigenvalue weighted by molar-refractivity contribution is 0.412. The summed E-state index contributed by atoms with van der Waals surface area (Å²) in [6.07, 6.45) is 0. The van der Waals surface area contributed by atoms with Crippen molar-refractivity contribution in [2.45, 2.75) is 19.4 Å². The molecule has 3 nitrogen and oxygen atoms in total. The van der Waals surface area contributed by atoms with E-state index >= 15 is 0 Å². The van der Waals surface area contributed by atoms with Gasteiger partial charge in [-0.05, 0) is 54.8 Å². The zero-order chi connectivity index (χ0) is 14.8. The normalized spacial score (nSPS) is 13.7. The molecule has 3 heteroatoms. The summed E-state index contributed by atoms with van der Waals surface area (Å²) in [5, 5.41) is 0. The molecule has 0 saturated heterocycles. The van der Waals surface area contributed by atoms with Gasteiger partial charge in [0, 0.05) is 0 Å². The highest BCUT2D eigenvalue weighted by atomic mass is 16.5. The van der Waals surface area contributed by atoms with Gasteiger partial charge in [-0.1, -0.05) is 18.2 Å². The Labute approximate surface area is 120 Å². The maximum absolute atomic E-state index is 6.58. The molecule has 0 aliphatic heterocycles. The van der Waals surface area contributed by atoms with Gasteiger partial charge in [-0.3, -0.25) is 0 Å². The van der Waals surface area contributed by atoms with Gasteiger partial charge in [0.2, 0.25) is 0 Å². The zero-order valence-corrected chi connectivity index (χ0v) is 12.4. The van der Waals surface area contributed by atoms with Crippen LogP contribution in [0.2, 0.25) is 0 Å². The highest BCUT2D eigenvalue weighted by molar-refractivity contribution is 5.46. The van der Waals surface area contributed by atoms with E-state index in [2.05, 4.69) is 0 Å². The Morgan fingerprint density at radius 3 is 2.20 bits per heavy atom. The second kappa shape index (κ2) is 5.55. The standard InChI is InChI=1S/C17H21NO2/c1-12-10-15(20-4)8-9-16(12)17(2,18)13-6-5-7-14(11-13)19-3/h5-11H,18H2,1-4H3. The summed E-state index contributed by atoms with van der Waals surface area (Å²) in [6.45, 7) is 4.06. The van der Waals surface area contributed by atoms with Crippen LogP contribution < -0.4 is 15.2 Å². The van der Waals surface area contributed by atoms with Crippen LogP contribution in [-0.4, -0.2) is 14.2 Å². The summed E-state index contributed by atoms with van der Waals surface area (Å²) < 4.78 is 10.5. The first kappa shape index (κ1) is 14.4. The Morgan fingerprint density at radius 1 is 0.950 bits per heavy atom. The summed E-state index contributed by atoms with van der Waals surface area (Å²) >= 11 is 0. The van der Waals surface area contributed by atoms with E-state index in [9.17, 15) is 0 Å². The number of ether oxygens (including phenoxy) is 2. The van der Waals surface area contributed by atoms with Gasteiger partial charge in [0.05, 0.1) is 19.8 Å². The van der Waals surface area contributed by atoms with E-state index in [0.29, 0.717) is 0 Å². The van der Waals surface area contributed by atoms with E-state index < -0.39 is 5.54 Å². The van der Waals surface area contributed by atoms with E-state index in [1.165, 1.54) is 0 Å². The molecule has 106 valence electrons. The van der Waals surface area contributed by atoms with E-state index in [1.807, 2.05) is 56.3 Å². The van der Waals surface area contributed by atoms with Crippen LogP contribution in [0.15, 0.2) is 42.5 Å². The molecule has 2 aromatic carbocycles. The molecule has 0 spiro atoms. The third-order valence-electron chi connectivity index (χ3n) is 3.66.